The number of rotatable bonds is 2. The summed E-state index contributed by atoms with van der Waals surface area (Å²) < 4.78 is 13.2. The maximum Gasteiger partial charge on any atom is 0.135 e. The van der Waals surface area contributed by atoms with Crippen LogP contribution in [-0.4, -0.2) is 24.1 Å². The van der Waals surface area contributed by atoms with E-state index in [9.17, 15) is 4.39 Å². The van der Waals surface area contributed by atoms with E-state index in [0.29, 0.717) is 12.0 Å². The van der Waals surface area contributed by atoms with Crippen LogP contribution in [0, 0.1) is 5.92 Å². The molecule has 90 valence electrons. The van der Waals surface area contributed by atoms with Gasteiger partial charge >= 0.3 is 0 Å². The number of allylic oxidation sites excluding steroid dienone is 1. The Morgan fingerprint density at radius 3 is 3.00 bits per heavy atom. The van der Waals surface area contributed by atoms with E-state index in [-0.39, 0.29) is 5.38 Å². The van der Waals surface area contributed by atoms with Crippen molar-refractivity contribution in [3.05, 3.63) is 23.8 Å². The van der Waals surface area contributed by atoms with E-state index < -0.39 is 6.17 Å². The van der Waals surface area contributed by atoms with Crippen LogP contribution in [0.1, 0.15) is 26.2 Å². The second-order valence-electron chi connectivity index (χ2n) is 4.60. The first-order valence-corrected chi connectivity index (χ1v) is 6.54. The summed E-state index contributed by atoms with van der Waals surface area (Å²) in [5.74, 6) is 0.348. The third kappa shape index (κ3) is 2.49. The van der Waals surface area contributed by atoms with Gasteiger partial charge in [-0.25, -0.2) is 4.39 Å². The van der Waals surface area contributed by atoms with Crippen molar-refractivity contribution in [3.8, 4) is 0 Å². The number of halogens is 2. The molecule has 1 aliphatic carbocycles. The summed E-state index contributed by atoms with van der Waals surface area (Å²) in [6.07, 6.45) is 7.86. The largest absolute Gasteiger partial charge is 0.309 e. The molecule has 2 rings (SSSR count). The van der Waals surface area contributed by atoms with Gasteiger partial charge in [-0.15, -0.1) is 11.6 Å². The zero-order valence-electron chi connectivity index (χ0n) is 9.63. The van der Waals surface area contributed by atoms with Crippen LogP contribution in [0.3, 0.4) is 0 Å². The highest BCUT2D eigenvalue weighted by molar-refractivity contribution is 6.21. The highest BCUT2D eigenvalue weighted by Gasteiger charge is 2.31. The van der Waals surface area contributed by atoms with E-state index in [0.717, 1.165) is 25.8 Å². The fourth-order valence-electron chi connectivity index (χ4n) is 2.63. The Hall–Kier alpha value is -0.340. The molecular formula is C13H19ClFN. The summed E-state index contributed by atoms with van der Waals surface area (Å²) in [6.45, 7) is 3.19. The maximum atomic E-state index is 13.2. The molecule has 0 saturated heterocycles. The number of nitrogens with one attached hydrogen (secondary N) is 1. The molecule has 1 N–H and O–H groups in total. The molecule has 1 heterocycles. The standard InChI is InChI=1S/C13H19ClFN/c1-2-9-4-3-7-16-13(9)10-5-6-12(15)11(14)8-10/h4-6,10-13,16H,2-3,7-8H2,1H3. The van der Waals surface area contributed by atoms with Crippen LogP contribution >= 0.6 is 11.6 Å². The smallest absolute Gasteiger partial charge is 0.135 e. The van der Waals surface area contributed by atoms with Crippen LogP contribution in [0.4, 0.5) is 4.39 Å². The lowest BCUT2D eigenvalue weighted by Crippen LogP contribution is -2.42. The fraction of sp³-hybridized carbons (Fsp3) is 0.692. The molecule has 0 aromatic rings. The topological polar surface area (TPSA) is 12.0 Å². The second kappa shape index (κ2) is 5.33. The molecule has 1 nitrogen and oxygen atoms in total. The first-order valence-electron chi connectivity index (χ1n) is 6.11. The normalized spacial score (nSPS) is 39.6. The Morgan fingerprint density at radius 2 is 2.31 bits per heavy atom. The third-order valence-electron chi connectivity index (χ3n) is 3.54. The van der Waals surface area contributed by atoms with Crippen molar-refractivity contribution >= 4 is 11.6 Å². The van der Waals surface area contributed by atoms with Gasteiger partial charge in [-0.2, -0.15) is 0 Å². The Labute approximate surface area is 102 Å². The van der Waals surface area contributed by atoms with Gasteiger partial charge in [-0.05, 0) is 31.7 Å². The van der Waals surface area contributed by atoms with Crippen molar-refractivity contribution in [2.45, 2.75) is 43.8 Å². The van der Waals surface area contributed by atoms with Crippen LogP contribution in [-0.2, 0) is 0 Å². The Kier molecular flexibility index (Phi) is 4.04. The Balaban J connectivity index is 2.10. The van der Waals surface area contributed by atoms with E-state index >= 15 is 0 Å². The molecule has 3 heteroatoms. The van der Waals surface area contributed by atoms with Gasteiger partial charge in [0.1, 0.15) is 6.17 Å². The van der Waals surface area contributed by atoms with Crippen LogP contribution < -0.4 is 5.32 Å². The van der Waals surface area contributed by atoms with Crippen molar-refractivity contribution in [3.63, 3.8) is 0 Å². The quantitative estimate of drug-likeness (QED) is 0.580. The van der Waals surface area contributed by atoms with Gasteiger partial charge in [0.15, 0.2) is 0 Å². The van der Waals surface area contributed by atoms with E-state index in [1.54, 1.807) is 6.08 Å². The maximum absolute atomic E-state index is 13.2. The van der Waals surface area contributed by atoms with Crippen molar-refractivity contribution in [2.75, 3.05) is 6.54 Å². The van der Waals surface area contributed by atoms with Crippen molar-refractivity contribution < 1.29 is 4.39 Å². The van der Waals surface area contributed by atoms with E-state index in [1.807, 2.05) is 6.08 Å². The van der Waals surface area contributed by atoms with Gasteiger partial charge in [0.25, 0.3) is 0 Å². The summed E-state index contributed by atoms with van der Waals surface area (Å²) in [5, 5.41) is 3.16. The molecule has 0 aromatic heterocycles. The molecule has 0 saturated carbocycles. The van der Waals surface area contributed by atoms with E-state index in [4.69, 9.17) is 11.6 Å². The molecule has 1 aliphatic heterocycles. The Bertz CT molecular complexity index is 300. The predicted octanol–water partition coefficient (Wildman–Crippen LogP) is 3.21. The predicted molar refractivity (Wildman–Crippen MR) is 66.6 cm³/mol. The molecule has 0 fully saturated rings. The lowest BCUT2D eigenvalue weighted by atomic mass is 9.82. The monoisotopic (exact) mass is 243 g/mol. The number of alkyl halides is 2. The third-order valence-corrected chi connectivity index (χ3v) is 3.95. The van der Waals surface area contributed by atoms with Crippen molar-refractivity contribution in [1.29, 1.82) is 0 Å². The van der Waals surface area contributed by atoms with E-state index in [1.165, 1.54) is 5.57 Å². The number of hydrogen-bond acceptors (Lipinski definition) is 1. The minimum atomic E-state index is -0.976. The molecule has 0 spiro atoms. The SMILES string of the molecule is CCC1=CCCNC1C1C=CC(F)C(Cl)C1. The average Bonchev–Trinajstić information content (AvgIpc) is 2.32. The summed E-state index contributed by atoms with van der Waals surface area (Å²) in [7, 11) is 0. The Morgan fingerprint density at radius 1 is 1.50 bits per heavy atom. The lowest BCUT2D eigenvalue weighted by molar-refractivity contribution is 0.314. The lowest BCUT2D eigenvalue weighted by Gasteiger charge is -2.34. The summed E-state index contributed by atoms with van der Waals surface area (Å²) in [6, 6.07) is 0.365. The molecule has 0 amide bonds. The zero-order chi connectivity index (χ0) is 11.5. The highest BCUT2D eigenvalue weighted by atomic mass is 35.5. The molecule has 0 aromatic carbocycles. The van der Waals surface area contributed by atoms with Crippen molar-refractivity contribution in [2.24, 2.45) is 5.92 Å². The first-order chi connectivity index (χ1) is 7.72. The van der Waals surface area contributed by atoms with E-state index in [2.05, 4.69) is 18.3 Å². The summed E-state index contributed by atoms with van der Waals surface area (Å²) >= 11 is 6.00. The highest BCUT2D eigenvalue weighted by Crippen LogP contribution is 2.31. The molecule has 2 aliphatic rings. The van der Waals surface area contributed by atoms with Gasteiger partial charge in [0.2, 0.25) is 0 Å². The molecule has 0 radical (unpaired) electrons. The van der Waals surface area contributed by atoms with Gasteiger partial charge < -0.3 is 5.32 Å². The average molecular weight is 244 g/mol. The minimum Gasteiger partial charge on any atom is -0.309 e. The minimum absolute atomic E-state index is 0.348. The molecule has 4 unspecified atom stereocenters. The first kappa shape index (κ1) is 12.1. The van der Waals surface area contributed by atoms with Crippen LogP contribution in [0.15, 0.2) is 23.8 Å². The fourth-order valence-corrected chi connectivity index (χ4v) is 2.92. The van der Waals surface area contributed by atoms with Gasteiger partial charge in [-0.1, -0.05) is 30.7 Å². The summed E-state index contributed by atoms with van der Waals surface area (Å²) in [4.78, 5) is 0. The second-order valence-corrected chi connectivity index (χ2v) is 5.16. The van der Waals surface area contributed by atoms with Gasteiger partial charge in [-0.3, -0.25) is 0 Å². The zero-order valence-corrected chi connectivity index (χ0v) is 10.4. The summed E-state index contributed by atoms with van der Waals surface area (Å²) in [5.41, 5.74) is 1.45. The van der Waals surface area contributed by atoms with Crippen molar-refractivity contribution in [1.82, 2.24) is 5.32 Å². The van der Waals surface area contributed by atoms with Gasteiger partial charge in [0, 0.05) is 6.04 Å². The molecule has 16 heavy (non-hydrogen) atoms. The van der Waals surface area contributed by atoms with Crippen LogP contribution in [0.2, 0.25) is 0 Å². The molecule has 4 atom stereocenters. The van der Waals surface area contributed by atoms with Crippen LogP contribution in [0.25, 0.3) is 0 Å². The molecule has 0 bridgehead atoms. The van der Waals surface area contributed by atoms with Gasteiger partial charge in [0.05, 0.1) is 5.38 Å². The van der Waals surface area contributed by atoms with Crippen LogP contribution in [0.5, 0.6) is 0 Å². The number of hydrogen-bond donors (Lipinski definition) is 1. The molecular weight excluding hydrogens is 225 g/mol.